The van der Waals surface area contributed by atoms with E-state index in [1.807, 2.05) is 32.0 Å². The Hall–Kier alpha value is -3.86. The standard InChI is InChI=1S/C25H21NO4/c1-15-7-6-10-20(16(15)2)26-22(17-11-13-19(27)14-12-17)21(24(29)25(26)30)23(28)18-8-4-3-5-9-18/h3-14,22,27-28H,1-2H3/b23-21+. The molecule has 1 aliphatic rings. The lowest BCUT2D eigenvalue weighted by atomic mass is 9.94. The Morgan fingerprint density at radius 1 is 0.867 bits per heavy atom. The average Bonchev–Trinajstić information content (AvgIpc) is 3.01. The van der Waals surface area contributed by atoms with Crippen LogP contribution < -0.4 is 4.90 Å². The number of benzene rings is 3. The number of nitrogens with zero attached hydrogens (tertiary/aromatic N) is 1. The van der Waals surface area contributed by atoms with Gasteiger partial charge in [0.2, 0.25) is 0 Å². The van der Waals surface area contributed by atoms with Crippen molar-refractivity contribution in [2.24, 2.45) is 0 Å². The van der Waals surface area contributed by atoms with E-state index >= 15 is 0 Å². The van der Waals surface area contributed by atoms with E-state index in [1.54, 1.807) is 42.5 Å². The van der Waals surface area contributed by atoms with Crippen LogP contribution in [0.2, 0.25) is 0 Å². The zero-order chi connectivity index (χ0) is 21.4. The van der Waals surface area contributed by atoms with Crippen LogP contribution in [0.15, 0.2) is 78.4 Å². The van der Waals surface area contributed by atoms with Crippen molar-refractivity contribution in [1.82, 2.24) is 0 Å². The van der Waals surface area contributed by atoms with E-state index in [0.29, 0.717) is 16.8 Å². The van der Waals surface area contributed by atoms with Crippen molar-refractivity contribution in [3.8, 4) is 5.75 Å². The minimum atomic E-state index is -0.814. The molecule has 150 valence electrons. The molecule has 0 aromatic heterocycles. The number of phenolic OH excluding ortho intramolecular Hbond substituents is 1. The molecule has 0 spiro atoms. The average molecular weight is 399 g/mol. The molecule has 5 heteroatoms. The quantitative estimate of drug-likeness (QED) is 0.382. The molecule has 1 saturated heterocycles. The number of phenols is 1. The van der Waals surface area contributed by atoms with Crippen LogP contribution in [0.25, 0.3) is 5.76 Å². The first kappa shape index (κ1) is 19.5. The fourth-order valence-electron chi connectivity index (χ4n) is 3.80. The fourth-order valence-corrected chi connectivity index (χ4v) is 3.80. The van der Waals surface area contributed by atoms with Gasteiger partial charge in [0, 0.05) is 11.3 Å². The summed E-state index contributed by atoms with van der Waals surface area (Å²) in [6.07, 6.45) is 0. The maximum atomic E-state index is 13.1. The zero-order valence-corrected chi connectivity index (χ0v) is 16.7. The van der Waals surface area contributed by atoms with Crippen molar-refractivity contribution in [3.05, 3.63) is 101 Å². The molecule has 3 aromatic carbocycles. The van der Waals surface area contributed by atoms with Gasteiger partial charge in [0.25, 0.3) is 11.7 Å². The third-order valence-electron chi connectivity index (χ3n) is 5.54. The molecular formula is C25H21NO4. The van der Waals surface area contributed by atoms with Crippen molar-refractivity contribution in [1.29, 1.82) is 0 Å². The Kier molecular flexibility index (Phi) is 4.88. The predicted octanol–water partition coefficient (Wildman–Crippen LogP) is 4.64. The normalized spacial score (nSPS) is 18.1. The van der Waals surface area contributed by atoms with Gasteiger partial charge in [-0.3, -0.25) is 14.5 Å². The number of Topliss-reactive ketones (excluding diaryl/α,β-unsaturated/α-hetero) is 1. The van der Waals surface area contributed by atoms with E-state index in [0.717, 1.165) is 11.1 Å². The Labute approximate surface area is 174 Å². The summed E-state index contributed by atoms with van der Waals surface area (Å²) in [4.78, 5) is 27.7. The molecule has 1 amide bonds. The molecule has 5 nitrogen and oxygen atoms in total. The largest absolute Gasteiger partial charge is 0.508 e. The van der Waals surface area contributed by atoms with Gasteiger partial charge in [-0.2, -0.15) is 0 Å². The first-order valence-corrected chi connectivity index (χ1v) is 9.61. The van der Waals surface area contributed by atoms with Gasteiger partial charge in [-0.25, -0.2) is 0 Å². The number of hydrogen-bond donors (Lipinski definition) is 2. The maximum Gasteiger partial charge on any atom is 0.300 e. The Balaban J connectivity index is 1.98. The number of carbonyl (C=O) groups is 2. The fraction of sp³-hybridized carbons (Fsp3) is 0.120. The van der Waals surface area contributed by atoms with E-state index in [1.165, 1.54) is 17.0 Å². The molecule has 1 atom stereocenters. The number of aliphatic hydroxyl groups excluding tert-OH is 1. The second kappa shape index (κ2) is 7.52. The molecule has 0 bridgehead atoms. The van der Waals surface area contributed by atoms with Gasteiger partial charge in [-0.1, -0.05) is 54.6 Å². The van der Waals surface area contributed by atoms with Crippen molar-refractivity contribution in [2.75, 3.05) is 4.90 Å². The van der Waals surface area contributed by atoms with Gasteiger partial charge in [0.05, 0.1) is 11.6 Å². The van der Waals surface area contributed by atoms with Crippen LogP contribution in [-0.2, 0) is 9.59 Å². The summed E-state index contributed by atoms with van der Waals surface area (Å²) in [5, 5.41) is 20.7. The van der Waals surface area contributed by atoms with E-state index in [-0.39, 0.29) is 17.1 Å². The highest BCUT2D eigenvalue weighted by molar-refractivity contribution is 6.51. The minimum absolute atomic E-state index is 0.0257. The van der Waals surface area contributed by atoms with Gasteiger partial charge >= 0.3 is 0 Å². The summed E-state index contributed by atoms with van der Waals surface area (Å²) in [6.45, 7) is 3.84. The van der Waals surface area contributed by atoms with Gasteiger partial charge in [0.15, 0.2) is 0 Å². The smallest absolute Gasteiger partial charge is 0.300 e. The summed E-state index contributed by atoms with van der Waals surface area (Å²) < 4.78 is 0. The lowest BCUT2D eigenvalue weighted by Crippen LogP contribution is -2.30. The van der Waals surface area contributed by atoms with E-state index < -0.39 is 17.7 Å². The highest BCUT2D eigenvalue weighted by Crippen LogP contribution is 2.43. The number of aryl methyl sites for hydroxylation is 1. The molecule has 4 rings (SSSR count). The van der Waals surface area contributed by atoms with Gasteiger partial charge in [0.1, 0.15) is 11.5 Å². The van der Waals surface area contributed by atoms with Crippen LogP contribution >= 0.6 is 0 Å². The summed E-state index contributed by atoms with van der Waals surface area (Å²) in [7, 11) is 0. The topological polar surface area (TPSA) is 77.8 Å². The van der Waals surface area contributed by atoms with E-state index in [4.69, 9.17) is 0 Å². The lowest BCUT2D eigenvalue weighted by molar-refractivity contribution is -0.132. The molecule has 1 unspecified atom stereocenters. The molecule has 1 fully saturated rings. The molecule has 0 radical (unpaired) electrons. The molecule has 30 heavy (non-hydrogen) atoms. The van der Waals surface area contributed by atoms with Gasteiger partial charge < -0.3 is 10.2 Å². The first-order valence-electron chi connectivity index (χ1n) is 9.61. The van der Waals surface area contributed by atoms with Crippen molar-refractivity contribution >= 4 is 23.1 Å². The third-order valence-corrected chi connectivity index (χ3v) is 5.54. The van der Waals surface area contributed by atoms with Crippen LogP contribution in [0.4, 0.5) is 5.69 Å². The Bertz CT molecular complexity index is 1160. The van der Waals surface area contributed by atoms with Crippen molar-refractivity contribution < 1.29 is 19.8 Å². The minimum Gasteiger partial charge on any atom is -0.508 e. The summed E-state index contributed by atoms with van der Waals surface area (Å²) >= 11 is 0. The molecule has 1 heterocycles. The summed E-state index contributed by atoms with van der Waals surface area (Å²) in [6, 6.07) is 19.8. The zero-order valence-electron chi connectivity index (χ0n) is 16.7. The second-order valence-corrected chi connectivity index (χ2v) is 7.35. The molecule has 1 aliphatic heterocycles. The van der Waals surface area contributed by atoms with Gasteiger partial charge in [-0.05, 0) is 48.7 Å². The monoisotopic (exact) mass is 399 g/mol. The number of aromatic hydroxyl groups is 1. The Morgan fingerprint density at radius 2 is 1.53 bits per heavy atom. The molecule has 3 aromatic rings. The number of ketones is 1. The van der Waals surface area contributed by atoms with Crippen LogP contribution in [0.5, 0.6) is 5.75 Å². The molecule has 0 saturated carbocycles. The number of anilines is 1. The van der Waals surface area contributed by atoms with Crippen LogP contribution in [0, 0.1) is 13.8 Å². The van der Waals surface area contributed by atoms with Crippen LogP contribution in [0.3, 0.4) is 0 Å². The highest BCUT2D eigenvalue weighted by Gasteiger charge is 2.47. The van der Waals surface area contributed by atoms with Crippen molar-refractivity contribution in [3.63, 3.8) is 0 Å². The van der Waals surface area contributed by atoms with E-state index in [2.05, 4.69) is 0 Å². The third kappa shape index (κ3) is 3.14. The molecule has 0 aliphatic carbocycles. The summed E-state index contributed by atoms with van der Waals surface area (Å²) in [5.41, 5.74) is 3.58. The number of amides is 1. The number of rotatable bonds is 3. The van der Waals surface area contributed by atoms with E-state index in [9.17, 15) is 19.8 Å². The predicted molar refractivity (Wildman–Crippen MR) is 115 cm³/mol. The van der Waals surface area contributed by atoms with Crippen LogP contribution in [0.1, 0.15) is 28.3 Å². The molecular weight excluding hydrogens is 378 g/mol. The number of aliphatic hydroxyl groups is 1. The lowest BCUT2D eigenvalue weighted by Gasteiger charge is -2.27. The molecule has 2 N–H and O–H groups in total. The maximum absolute atomic E-state index is 13.1. The van der Waals surface area contributed by atoms with Crippen molar-refractivity contribution in [2.45, 2.75) is 19.9 Å². The first-order chi connectivity index (χ1) is 14.4. The highest BCUT2D eigenvalue weighted by atomic mass is 16.3. The van der Waals surface area contributed by atoms with Gasteiger partial charge in [-0.15, -0.1) is 0 Å². The SMILES string of the molecule is Cc1cccc(N2C(=O)C(=O)/C(=C(/O)c3ccccc3)C2c2ccc(O)cc2)c1C. The number of carbonyl (C=O) groups excluding carboxylic acids is 2. The number of hydrogen-bond acceptors (Lipinski definition) is 4. The second-order valence-electron chi connectivity index (χ2n) is 7.35. The Morgan fingerprint density at radius 3 is 2.20 bits per heavy atom. The summed E-state index contributed by atoms with van der Waals surface area (Å²) in [5.74, 6) is -1.58. The van der Waals surface area contributed by atoms with Crippen LogP contribution in [-0.4, -0.2) is 21.9 Å².